The van der Waals surface area contributed by atoms with Gasteiger partial charge in [-0.2, -0.15) is 0 Å². The van der Waals surface area contributed by atoms with E-state index in [0.717, 1.165) is 12.8 Å². The van der Waals surface area contributed by atoms with E-state index in [0.29, 0.717) is 19.5 Å². The third kappa shape index (κ3) is 4.92. The molecule has 1 aliphatic rings. The van der Waals surface area contributed by atoms with Crippen LogP contribution in [0.4, 0.5) is 0 Å². The summed E-state index contributed by atoms with van der Waals surface area (Å²) in [6.45, 7) is 6.85. The van der Waals surface area contributed by atoms with Crippen molar-refractivity contribution in [2.45, 2.75) is 57.8 Å². The molecule has 0 aromatic carbocycles. The molecule has 1 saturated heterocycles. The number of ether oxygens (including phenoxy) is 1. The van der Waals surface area contributed by atoms with Crippen molar-refractivity contribution in [3.63, 3.8) is 0 Å². The molecule has 0 radical (unpaired) electrons. The molecular formula is C13H26N2O3. The van der Waals surface area contributed by atoms with Gasteiger partial charge in [-0.05, 0) is 33.6 Å². The van der Waals surface area contributed by atoms with Crippen LogP contribution in [0.1, 0.15) is 40.0 Å². The fraction of sp³-hybridized carbons (Fsp3) is 0.923. The van der Waals surface area contributed by atoms with Gasteiger partial charge in [0.2, 0.25) is 5.91 Å². The van der Waals surface area contributed by atoms with Crippen LogP contribution in [0.3, 0.4) is 0 Å². The molecule has 0 spiro atoms. The van der Waals surface area contributed by atoms with Crippen molar-refractivity contribution in [1.82, 2.24) is 4.90 Å². The molecule has 3 N–H and O–H groups in total. The van der Waals surface area contributed by atoms with Crippen LogP contribution < -0.4 is 5.73 Å². The molecule has 1 aliphatic heterocycles. The Hall–Kier alpha value is -0.650. The van der Waals surface area contributed by atoms with Gasteiger partial charge in [-0.1, -0.05) is 0 Å². The van der Waals surface area contributed by atoms with Gasteiger partial charge in [0.15, 0.2) is 0 Å². The summed E-state index contributed by atoms with van der Waals surface area (Å²) in [5.74, 6) is 0.130. The summed E-state index contributed by atoms with van der Waals surface area (Å²) in [6.07, 6.45) is 1.93. The van der Waals surface area contributed by atoms with E-state index in [1.165, 1.54) is 0 Å². The molecule has 1 heterocycles. The van der Waals surface area contributed by atoms with Gasteiger partial charge in [0, 0.05) is 25.6 Å². The largest absolute Gasteiger partial charge is 0.394 e. The maximum atomic E-state index is 12.1. The van der Waals surface area contributed by atoms with Gasteiger partial charge >= 0.3 is 0 Å². The Balaban J connectivity index is 2.46. The Morgan fingerprint density at radius 1 is 1.61 bits per heavy atom. The highest BCUT2D eigenvalue weighted by molar-refractivity contribution is 5.76. The van der Waals surface area contributed by atoms with E-state index in [4.69, 9.17) is 10.5 Å². The number of carbonyl (C=O) groups is 1. The summed E-state index contributed by atoms with van der Waals surface area (Å²) in [6, 6.07) is 0.143. The topological polar surface area (TPSA) is 75.8 Å². The number of nitrogens with zero attached hydrogens (tertiary/aromatic N) is 1. The zero-order valence-corrected chi connectivity index (χ0v) is 11.7. The first-order chi connectivity index (χ1) is 8.34. The Morgan fingerprint density at radius 3 is 2.83 bits per heavy atom. The first kappa shape index (κ1) is 15.4. The number of carbonyl (C=O) groups excluding carboxylic acids is 1. The second-order valence-corrected chi connectivity index (χ2v) is 5.83. The molecule has 18 heavy (non-hydrogen) atoms. The maximum Gasteiger partial charge on any atom is 0.222 e. The van der Waals surface area contributed by atoms with E-state index < -0.39 is 0 Å². The Labute approximate surface area is 109 Å². The normalized spacial score (nSPS) is 24.9. The van der Waals surface area contributed by atoms with E-state index in [-0.39, 0.29) is 30.3 Å². The third-order valence-corrected chi connectivity index (χ3v) is 3.09. The summed E-state index contributed by atoms with van der Waals surface area (Å²) in [4.78, 5) is 13.9. The highest BCUT2D eigenvalue weighted by Crippen LogP contribution is 2.21. The Bertz CT molecular complexity index is 279. The van der Waals surface area contributed by atoms with Crippen molar-refractivity contribution in [2.75, 3.05) is 19.7 Å². The Kier molecular flexibility index (Phi) is 5.56. The van der Waals surface area contributed by atoms with Gasteiger partial charge in [-0.25, -0.2) is 0 Å². The number of aliphatic hydroxyl groups excluding tert-OH is 1. The second kappa shape index (κ2) is 6.50. The van der Waals surface area contributed by atoms with E-state index in [9.17, 15) is 9.90 Å². The first-order valence-electron chi connectivity index (χ1n) is 6.66. The van der Waals surface area contributed by atoms with Crippen LogP contribution in [-0.2, 0) is 9.53 Å². The number of hydrogen-bond donors (Lipinski definition) is 2. The fourth-order valence-electron chi connectivity index (χ4n) is 2.31. The molecule has 1 amide bonds. The highest BCUT2D eigenvalue weighted by Gasteiger charge is 2.34. The molecule has 5 nitrogen and oxygen atoms in total. The van der Waals surface area contributed by atoms with Crippen LogP contribution in [0, 0.1) is 0 Å². The summed E-state index contributed by atoms with van der Waals surface area (Å²) < 4.78 is 5.68. The molecule has 1 fully saturated rings. The van der Waals surface area contributed by atoms with Crippen molar-refractivity contribution in [3.05, 3.63) is 0 Å². The molecule has 0 bridgehead atoms. The molecule has 5 heteroatoms. The van der Waals surface area contributed by atoms with Crippen molar-refractivity contribution in [3.8, 4) is 0 Å². The molecule has 0 aliphatic carbocycles. The average molecular weight is 258 g/mol. The van der Waals surface area contributed by atoms with Gasteiger partial charge in [-0.15, -0.1) is 0 Å². The summed E-state index contributed by atoms with van der Waals surface area (Å²) in [5, 5.41) is 9.19. The lowest BCUT2D eigenvalue weighted by atomic mass is 10.0. The summed E-state index contributed by atoms with van der Waals surface area (Å²) in [7, 11) is 0. The molecule has 1 rings (SSSR count). The van der Waals surface area contributed by atoms with E-state index >= 15 is 0 Å². The standard InChI is InChI=1S/C13H26N2O3/c1-10(14)5-4-6-12(17)15-7-11(8-16)18-13(2,3)9-15/h10-11,16H,4-9,14H2,1-3H3. The number of amides is 1. The molecule has 0 saturated carbocycles. The highest BCUT2D eigenvalue weighted by atomic mass is 16.5. The summed E-state index contributed by atoms with van der Waals surface area (Å²) >= 11 is 0. The van der Waals surface area contributed by atoms with Gasteiger partial charge in [0.25, 0.3) is 0 Å². The molecular weight excluding hydrogens is 232 g/mol. The number of nitrogens with two attached hydrogens (primary N) is 1. The van der Waals surface area contributed by atoms with Gasteiger partial charge in [-0.3, -0.25) is 4.79 Å². The summed E-state index contributed by atoms with van der Waals surface area (Å²) in [5.41, 5.74) is 5.28. The molecule has 0 aromatic heterocycles. The van der Waals surface area contributed by atoms with E-state index in [1.54, 1.807) is 4.90 Å². The van der Waals surface area contributed by atoms with Gasteiger partial charge < -0.3 is 20.5 Å². The fourth-order valence-corrected chi connectivity index (χ4v) is 2.31. The van der Waals surface area contributed by atoms with Crippen molar-refractivity contribution < 1.29 is 14.6 Å². The zero-order valence-electron chi connectivity index (χ0n) is 11.7. The van der Waals surface area contributed by atoms with Crippen molar-refractivity contribution >= 4 is 5.91 Å². The van der Waals surface area contributed by atoms with Crippen LogP contribution in [0.25, 0.3) is 0 Å². The van der Waals surface area contributed by atoms with Crippen molar-refractivity contribution in [2.24, 2.45) is 5.73 Å². The molecule has 2 unspecified atom stereocenters. The SMILES string of the molecule is CC(N)CCCC(=O)N1CC(CO)OC(C)(C)C1. The number of hydrogen-bond acceptors (Lipinski definition) is 4. The lowest BCUT2D eigenvalue weighted by Gasteiger charge is -2.42. The molecule has 2 atom stereocenters. The van der Waals surface area contributed by atoms with Crippen LogP contribution in [0.2, 0.25) is 0 Å². The maximum absolute atomic E-state index is 12.1. The molecule has 106 valence electrons. The second-order valence-electron chi connectivity index (χ2n) is 5.83. The lowest BCUT2D eigenvalue weighted by Crippen LogP contribution is -2.55. The minimum absolute atomic E-state index is 0.0486. The predicted octanol–water partition coefficient (Wildman–Crippen LogP) is 0.502. The van der Waals surface area contributed by atoms with E-state index in [1.807, 2.05) is 20.8 Å². The average Bonchev–Trinajstić information content (AvgIpc) is 2.26. The van der Waals surface area contributed by atoms with Crippen molar-refractivity contribution in [1.29, 1.82) is 0 Å². The van der Waals surface area contributed by atoms with Gasteiger partial charge in [0.1, 0.15) is 0 Å². The number of morpholine rings is 1. The van der Waals surface area contributed by atoms with Gasteiger partial charge in [0.05, 0.1) is 18.3 Å². The van der Waals surface area contributed by atoms with E-state index in [2.05, 4.69) is 0 Å². The van der Waals surface area contributed by atoms with Crippen LogP contribution in [0.5, 0.6) is 0 Å². The zero-order chi connectivity index (χ0) is 13.8. The third-order valence-electron chi connectivity index (χ3n) is 3.09. The first-order valence-corrected chi connectivity index (χ1v) is 6.66. The predicted molar refractivity (Wildman–Crippen MR) is 70.1 cm³/mol. The van der Waals surface area contributed by atoms with Crippen LogP contribution in [0.15, 0.2) is 0 Å². The quantitative estimate of drug-likeness (QED) is 0.753. The lowest BCUT2D eigenvalue weighted by molar-refractivity contribution is -0.167. The monoisotopic (exact) mass is 258 g/mol. The Morgan fingerprint density at radius 2 is 2.28 bits per heavy atom. The molecule has 0 aromatic rings. The minimum atomic E-state index is -0.386. The number of rotatable bonds is 5. The smallest absolute Gasteiger partial charge is 0.222 e. The van der Waals surface area contributed by atoms with Crippen LogP contribution in [-0.4, -0.2) is 53.4 Å². The minimum Gasteiger partial charge on any atom is -0.394 e. The van der Waals surface area contributed by atoms with Crippen LogP contribution >= 0.6 is 0 Å². The number of aliphatic hydroxyl groups is 1.